The van der Waals surface area contributed by atoms with Crippen molar-refractivity contribution >= 4 is 22.9 Å². The summed E-state index contributed by atoms with van der Waals surface area (Å²) in [6.45, 7) is 6.26. The number of halogens is 3. The molecular weight excluding hydrogens is 517 g/mol. The van der Waals surface area contributed by atoms with E-state index in [1.54, 1.807) is 27.0 Å². The second-order valence-electron chi connectivity index (χ2n) is 10.7. The van der Waals surface area contributed by atoms with Crippen LogP contribution in [0.2, 0.25) is 0 Å². The van der Waals surface area contributed by atoms with Gasteiger partial charge in [-0.05, 0) is 48.7 Å². The number of nitrogens with zero attached hydrogens (tertiary/aromatic N) is 2. The third kappa shape index (κ3) is 5.59. The van der Waals surface area contributed by atoms with E-state index in [0.717, 1.165) is 43.9 Å². The van der Waals surface area contributed by atoms with E-state index in [-0.39, 0.29) is 11.7 Å². The van der Waals surface area contributed by atoms with E-state index in [4.69, 9.17) is 16.2 Å². The molecule has 5 rings (SSSR count). The molecule has 212 valence electrons. The molecule has 3 aromatic rings. The van der Waals surface area contributed by atoms with Crippen LogP contribution in [-0.2, 0) is 18.4 Å². The van der Waals surface area contributed by atoms with Gasteiger partial charge in [-0.2, -0.15) is 13.2 Å². The smallest absolute Gasteiger partial charge is 0.416 e. The Morgan fingerprint density at radius 3 is 2.62 bits per heavy atom. The van der Waals surface area contributed by atoms with Gasteiger partial charge in [-0.25, -0.2) is 4.99 Å². The van der Waals surface area contributed by atoms with Crippen molar-refractivity contribution in [1.82, 2.24) is 10.2 Å². The zero-order valence-corrected chi connectivity index (χ0v) is 22.8. The molecule has 1 unspecified atom stereocenters. The molecule has 0 amide bonds. The Labute approximate surface area is 232 Å². The lowest BCUT2D eigenvalue weighted by Crippen LogP contribution is -2.57. The molecule has 2 aliphatic heterocycles. The molecular formula is C30H35F3N6O. The van der Waals surface area contributed by atoms with Gasteiger partial charge in [0, 0.05) is 48.9 Å². The monoisotopic (exact) mass is 552 g/mol. The number of benzene rings is 3. The van der Waals surface area contributed by atoms with Crippen LogP contribution in [0.25, 0.3) is 0 Å². The largest absolute Gasteiger partial charge is 0.495 e. The van der Waals surface area contributed by atoms with Gasteiger partial charge in [0.1, 0.15) is 17.2 Å². The standard InChI is InChI=1S/C30H35F3N6O/c1-18(21-11-22(30(31,32)33)13-23(34)12-21)29(35)25-14-27(28(40-3)15-26(25)36-19(2)38-29)37-24-9-10-39(17-24)16-20-7-5-4-6-8-20/h4-8,11-15,18,24,37H,9-10,16-17,34-35H2,1-3H3,(H,36,38)/t18-,24+,29?/m1/s1. The summed E-state index contributed by atoms with van der Waals surface area (Å²) in [7, 11) is 1.60. The van der Waals surface area contributed by atoms with Crippen LogP contribution in [0.5, 0.6) is 5.75 Å². The molecule has 6 N–H and O–H groups in total. The molecule has 0 aliphatic carbocycles. The summed E-state index contributed by atoms with van der Waals surface area (Å²) in [6.07, 6.45) is -3.57. The van der Waals surface area contributed by atoms with Crippen molar-refractivity contribution in [2.45, 2.75) is 50.6 Å². The molecule has 0 radical (unpaired) electrons. The fraction of sp³-hybridized carbons (Fsp3) is 0.367. The fourth-order valence-corrected chi connectivity index (χ4v) is 5.70. The summed E-state index contributed by atoms with van der Waals surface area (Å²) in [5, 5.41) is 6.87. The molecule has 3 atom stereocenters. The van der Waals surface area contributed by atoms with E-state index in [2.05, 4.69) is 32.7 Å². The number of likely N-dealkylation sites (tertiary alicyclic amines) is 1. The minimum atomic E-state index is -4.53. The summed E-state index contributed by atoms with van der Waals surface area (Å²) >= 11 is 0. The van der Waals surface area contributed by atoms with Gasteiger partial charge in [-0.3, -0.25) is 4.90 Å². The quantitative estimate of drug-likeness (QED) is 0.287. The van der Waals surface area contributed by atoms with Crippen LogP contribution < -0.4 is 26.8 Å². The minimum absolute atomic E-state index is 0.0278. The summed E-state index contributed by atoms with van der Waals surface area (Å²) in [6, 6.07) is 17.9. The molecule has 10 heteroatoms. The van der Waals surface area contributed by atoms with Crippen LogP contribution in [0.1, 0.15) is 48.4 Å². The van der Waals surface area contributed by atoms with E-state index in [9.17, 15) is 13.2 Å². The molecule has 7 nitrogen and oxygen atoms in total. The zero-order chi connectivity index (χ0) is 28.7. The lowest BCUT2D eigenvalue weighted by atomic mass is 9.80. The number of nitrogens with two attached hydrogens (primary N) is 2. The maximum Gasteiger partial charge on any atom is 0.416 e. The van der Waals surface area contributed by atoms with Crippen molar-refractivity contribution in [3.8, 4) is 5.75 Å². The number of hydrogen-bond donors (Lipinski definition) is 4. The number of amidine groups is 1. The lowest BCUT2D eigenvalue weighted by molar-refractivity contribution is -0.137. The van der Waals surface area contributed by atoms with Gasteiger partial charge in [-0.15, -0.1) is 0 Å². The predicted octanol–water partition coefficient (Wildman–Crippen LogP) is 5.55. The molecule has 40 heavy (non-hydrogen) atoms. The van der Waals surface area contributed by atoms with E-state index in [0.29, 0.717) is 28.4 Å². The first-order valence-corrected chi connectivity index (χ1v) is 13.3. The van der Waals surface area contributed by atoms with Gasteiger partial charge in [0.05, 0.1) is 24.0 Å². The number of nitrogens with one attached hydrogen (secondary N) is 2. The molecule has 0 aromatic heterocycles. The number of aliphatic imine (C=N–C) groups is 1. The number of alkyl halides is 3. The third-order valence-electron chi connectivity index (χ3n) is 7.81. The Bertz CT molecular complexity index is 1410. The van der Waals surface area contributed by atoms with E-state index in [1.165, 1.54) is 5.56 Å². The number of anilines is 2. The van der Waals surface area contributed by atoms with Gasteiger partial charge in [0.2, 0.25) is 0 Å². The Morgan fingerprint density at radius 1 is 1.18 bits per heavy atom. The molecule has 2 heterocycles. The second-order valence-corrected chi connectivity index (χ2v) is 10.7. The van der Waals surface area contributed by atoms with Crippen LogP contribution in [0.3, 0.4) is 0 Å². The molecule has 3 aromatic carbocycles. The van der Waals surface area contributed by atoms with Crippen molar-refractivity contribution < 1.29 is 17.9 Å². The van der Waals surface area contributed by atoms with Crippen molar-refractivity contribution in [1.29, 1.82) is 0 Å². The van der Waals surface area contributed by atoms with Gasteiger partial charge < -0.3 is 26.8 Å². The van der Waals surface area contributed by atoms with Gasteiger partial charge >= 0.3 is 6.18 Å². The first-order chi connectivity index (χ1) is 19.0. The van der Waals surface area contributed by atoms with Crippen LogP contribution >= 0.6 is 0 Å². The molecule has 0 spiro atoms. The maximum absolute atomic E-state index is 13.6. The summed E-state index contributed by atoms with van der Waals surface area (Å²) < 4.78 is 46.5. The number of rotatable bonds is 7. The first-order valence-electron chi connectivity index (χ1n) is 13.3. The highest BCUT2D eigenvalue weighted by Gasteiger charge is 2.41. The topological polar surface area (TPSA) is 101 Å². The average molecular weight is 553 g/mol. The third-order valence-corrected chi connectivity index (χ3v) is 7.81. The summed E-state index contributed by atoms with van der Waals surface area (Å²) in [4.78, 5) is 7.04. The lowest BCUT2D eigenvalue weighted by Gasteiger charge is -2.41. The Morgan fingerprint density at radius 2 is 1.93 bits per heavy atom. The average Bonchev–Trinajstić information content (AvgIpc) is 3.34. The minimum Gasteiger partial charge on any atom is -0.495 e. The van der Waals surface area contributed by atoms with Crippen molar-refractivity contribution in [2.24, 2.45) is 10.7 Å². The fourth-order valence-electron chi connectivity index (χ4n) is 5.70. The van der Waals surface area contributed by atoms with Crippen molar-refractivity contribution in [2.75, 3.05) is 31.2 Å². The molecule has 2 aliphatic rings. The van der Waals surface area contributed by atoms with Crippen molar-refractivity contribution in [3.05, 3.63) is 82.9 Å². The van der Waals surface area contributed by atoms with Crippen LogP contribution in [0.15, 0.2) is 65.7 Å². The number of ether oxygens (including phenoxy) is 1. The van der Waals surface area contributed by atoms with Crippen LogP contribution in [-0.4, -0.2) is 37.0 Å². The van der Waals surface area contributed by atoms with E-state index >= 15 is 0 Å². The molecule has 0 bridgehead atoms. The highest BCUT2D eigenvalue weighted by Crippen LogP contribution is 2.45. The summed E-state index contributed by atoms with van der Waals surface area (Å²) in [5.74, 6) is 0.587. The number of nitrogen functional groups attached to an aromatic ring is 1. The Balaban J connectivity index is 1.45. The zero-order valence-electron chi connectivity index (χ0n) is 22.8. The molecule has 1 fully saturated rings. The summed E-state index contributed by atoms with van der Waals surface area (Å²) in [5.41, 5.74) is 14.5. The SMILES string of the molecule is COc1cc2c(cc1N[C@H]1CCN(Cc3ccccc3)C1)C(N)([C@H](C)c1cc(N)cc(C(F)(F)F)c1)NC(C)=N2. The van der Waals surface area contributed by atoms with Crippen LogP contribution in [0.4, 0.5) is 30.2 Å². The molecule has 1 saturated heterocycles. The maximum atomic E-state index is 13.6. The van der Waals surface area contributed by atoms with Gasteiger partial charge in [0.15, 0.2) is 0 Å². The first kappa shape index (κ1) is 27.8. The normalized spacial score (nSPS) is 21.8. The molecule has 0 saturated carbocycles. The highest BCUT2D eigenvalue weighted by molar-refractivity contribution is 5.88. The number of hydrogen-bond acceptors (Lipinski definition) is 7. The number of fused-ring (bicyclic) bond motifs is 1. The van der Waals surface area contributed by atoms with Crippen molar-refractivity contribution in [3.63, 3.8) is 0 Å². The highest BCUT2D eigenvalue weighted by atomic mass is 19.4. The van der Waals surface area contributed by atoms with E-state index in [1.807, 2.05) is 30.3 Å². The Kier molecular flexibility index (Phi) is 7.41. The van der Waals surface area contributed by atoms with Gasteiger partial charge in [0.25, 0.3) is 0 Å². The predicted molar refractivity (Wildman–Crippen MR) is 153 cm³/mol. The Hall–Kier alpha value is -3.76. The number of methoxy groups -OCH3 is 1. The second kappa shape index (κ2) is 10.7. The van der Waals surface area contributed by atoms with Gasteiger partial charge in [-0.1, -0.05) is 37.3 Å². The van der Waals surface area contributed by atoms with E-state index < -0.39 is 23.3 Å². The van der Waals surface area contributed by atoms with Crippen LogP contribution in [0, 0.1) is 0 Å².